The number of hydrogen-bond donors (Lipinski definition) is 0. The molecule has 2 heterocycles. The van der Waals surface area contributed by atoms with Gasteiger partial charge in [0.1, 0.15) is 0 Å². The van der Waals surface area contributed by atoms with E-state index in [1.165, 1.54) is 0 Å². The molecule has 0 aliphatic heterocycles. The molecule has 0 saturated carbocycles. The quantitative estimate of drug-likeness (QED) is 0.639. The molecule has 1 aromatic carbocycles. The molecule has 5 nitrogen and oxygen atoms in total. The van der Waals surface area contributed by atoms with E-state index in [1.54, 1.807) is 28.4 Å². The van der Waals surface area contributed by atoms with Crippen molar-refractivity contribution in [1.29, 1.82) is 0 Å². The number of nitrogens with zero attached hydrogens (tertiary/aromatic N) is 3. The molecule has 3 aromatic rings. The van der Waals surface area contributed by atoms with Crippen LogP contribution in [-0.4, -0.2) is 27.0 Å². The highest BCUT2D eigenvalue weighted by Crippen LogP contribution is 2.21. The largest absolute Gasteiger partial charge is 0.419 e. The Morgan fingerprint density at radius 1 is 1.24 bits per heavy atom. The second kappa shape index (κ2) is 7.80. The van der Waals surface area contributed by atoms with E-state index in [9.17, 15) is 4.79 Å². The molecule has 0 fully saturated rings. The van der Waals surface area contributed by atoms with E-state index in [4.69, 9.17) is 16.0 Å². The first kappa shape index (κ1) is 17.6. The summed E-state index contributed by atoms with van der Waals surface area (Å²) in [7, 11) is 0. The first-order chi connectivity index (χ1) is 12.0. The minimum Gasteiger partial charge on any atom is -0.419 e. The Hall–Kier alpha value is -2.18. The average molecular weight is 376 g/mol. The van der Waals surface area contributed by atoms with Crippen molar-refractivity contribution in [3.8, 4) is 11.5 Å². The summed E-state index contributed by atoms with van der Waals surface area (Å²) < 4.78 is 5.72. The Bertz CT molecular complexity index is 828. The van der Waals surface area contributed by atoms with Crippen molar-refractivity contribution in [2.45, 2.75) is 32.9 Å². The molecule has 7 heteroatoms. The number of benzene rings is 1. The topological polar surface area (TPSA) is 59.2 Å². The Morgan fingerprint density at radius 2 is 2.00 bits per heavy atom. The summed E-state index contributed by atoms with van der Waals surface area (Å²) in [5.41, 5.74) is 0.796. The van der Waals surface area contributed by atoms with Crippen molar-refractivity contribution in [3.05, 3.63) is 57.6 Å². The van der Waals surface area contributed by atoms with Crippen LogP contribution in [0.1, 0.15) is 24.6 Å². The standard InChI is InChI=1S/C18H18ClN3O2S/c1-12(2)22(17(23)10-15-4-3-9-25-15)11-16-20-21-18(24-16)13-5-7-14(19)8-6-13/h3-9,12H,10-11H2,1-2H3. The lowest BCUT2D eigenvalue weighted by atomic mass is 10.2. The molecular formula is C18H18ClN3O2S. The van der Waals surface area contributed by atoms with Gasteiger partial charge in [-0.05, 0) is 49.6 Å². The number of carbonyl (C=O) groups is 1. The molecule has 1 amide bonds. The first-order valence-corrected chi connectivity index (χ1v) is 9.19. The van der Waals surface area contributed by atoms with Gasteiger partial charge < -0.3 is 9.32 Å². The van der Waals surface area contributed by atoms with Crippen molar-refractivity contribution in [2.75, 3.05) is 0 Å². The van der Waals surface area contributed by atoms with Crippen LogP contribution >= 0.6 is 22.9 Å². The van der Waals surface area contributed by atoms with Gasteiger partial charge in [0.2, 0.25) is 17.7 Å². The molecule has 0 atom stereocenters. The molecule has 0 spiro atoms. The van der Waals surface area contributed by atoms with E-state index < -0.39 is 0 Å². The van der Waals surface area contributed by atoms with Crippen LogP contribution in [0.15, 0.2) is 46.2 Å². The number of rotatable bonds is 6. The van der Waals surface area contributed by atoms with Crippen molar-refractivity contribution < 1.29 is 9.21 Å². The van der Waals surface area contributed by atoms with Crippen LogP contribution in [-0.2, 0) is 17.8 Å². The zero-order chi connectivity index (χ0) is 17.8. The fourth-order valence-electron chi connectivity index (χ4n) is 2.39. The van der Waals surface area contributed by atoms with E-state index >= 15 is 0 Å². The third-order valence-electron chi connectivity index (χ3n) is 3.71. The number of halogens is 1. The van der Waals surface area contributed by atoms with E-state index in [1.807, 2.05) is 43.5 Å². The predicted octanol–water partition coefficient (Wildman–Crippen LogP) is 4.43. The summed E-state index contributed by atoms with van der Waals surface area (Å²) in [6.07, 6.45) is 0.383. The molecule has 0 radical (unpaired) electrons. The van der Waals surface area contributed by atoms with Gasteiger partial charge in [0, 0.05) is 21.5 Å². The van der Waals surface area contributed by atoms with Crippen molar-refractivity contribution in [3.63, 3.8) is 0 Å². The minimum atomic E-state index is 0.0401. The fourth-order valence-corrected chi connectivity index (χ4v) is 3.22. The molecular weight excluding hydrogens is 358 g/mol. The lowest BCUT2D eigenvalue weighted by Gasteiger charge is -2.25. The van der Waals surface area contributed by atoms with E-state index in [2.05, 4.69) is 10.2 Å². The summed E-state index contributed by atoms with van der Waals surface area (Å²) in [5.74, 6) is 0.878. The maximum atomic E-state index is 12.6. The van der Waals surface area contributed by atoms with Crippen molar-refractivity contribution in [2.24, 2.45) is 0 Å². The van der Waals surface area contributed by atoms with Crippen molar-refractivity contribution >= 4 is 28.8 Å². The van der Waals surface area contributed by atoms with Gasteiger partial charge in [-0.1, -0.05) is 17.7 Å². The molecule has 25 heavy (non-hydrogen) atoms. The normalized spacial score (nSPS) is 11.0. The number of carbonyl (C=O) groups excluding carboxylic acids is 1. The second-order valence-corrected chi connectivity index (χ2v) is 7.35. The monoisotopic (exact) mass is 375 g/mol. The molecule has 130 valence electrons. The molecule has 0 N–H and O–H groups in total. The van der Waals surface area contributed by atoms with Crippen LogP contribution in [0.4, 0.5) is 0 Å². The van der Waals surface area contributed by atoms with Crippen LogP contribution < -0.4 is 0 Å². The highest BCUT2D eigenvalue weighted by Gasteiger charge is 2.21. The SMILES string of the molecule is CC(C)N(Cc1nnc(-c2ccc(Cl)cc2)o1)C(=O)Cc1cccs1. The third-order valence-corrected chi connectivity index (χ3v) is 4.84. The molecule has 0 aliphatic carbocycles. The molecule has 0 saturated heterocycles. The highest BCUT2D eigenvalue weighted by molar-refractivity contribution is 7.10. The Balaban J connectivity index is 1.72. The smallest absolute Gasteiger partial charge is 0.247 e. The third kappa shape index (κ3) is 4.46. The van der Waals surface area contributed by atoms with Gasteiger partial charge >= 0.3 is 0 Å². The summed E-state index contributed by atoms with van der Waals surface area (Å²) in [5, 5.41) is 10.8. The number of thiophene rings is 1. The van der Waals surface area contributed by atoms with Crippen LogP contribution in [0.2, 0.25) is 5.02 Å². The van der Waals surface area contributed by atoms with Gasteiger partial charge in [-0.25, -0.2) is 0 Å². The van der Waals surface area contributed by atoms with Gasteiger partial charge in [-0.2, -0.15) is 0 Å². The van der Waals surface area contributed by atoms with Crippen LogP contribution in [0, 0.1) is 0 Å². The van der Waals surface area contributed by atoms with Crippen LogP contribution in [0.5, 0.6) is 0 Å². The summed E-state index contributed by atoms with van der Waals surface area (Å²) in [4.78, 5) is 15.4. The zero-order valence-electron chi connectivity index (χ0n) is 14.0. The predicted molar refractivity (Wildman–Crippen MR) is 98.5 cm³/mol. The molecule has 0 aliphatic rings. The van der Waals surface area contributed by atoms with Gasteiger partial charge in [-0.3, -0.25) is 4.79 Å². The highest BCUT2D eigenvalue weighted by atomic mass is 35.5. The Labute approximate surface area is 155 Å². The summed E-state index contributed by atoms with van der Waals surface area (Å²) in [6.45, 7) is 4.24. The average Bonchev–Trinajstić information content (AvgIpc) is 3.24. The zero-order valence-corrected chi connectivity index (χ0v) is 15.5. The van der Waals surface area contributed by atoms with Gasteiger partial charge in [0.25, 0.3) is 0 Å². The maximum Gasteiger partial charge on any atom is 0.247 e. The van der Waals surface area contributed by atoms with E-state index in [0.717, 1.165) is 10.4 Å². The van der Waals surface area contributed by atoms with Crippen LogP contribution in [0.3, 0.4) is 0 Å². The summed E-state index contributed by atoms with van der Waals surface area (Å²) >= 11 is 7.47. The number of aromatic nitrogens is 2. The fraction of sp³-hybridized carbons (Fsp3) is 0.278. The van der Waals surface area contributed by atoms with Gasteiger partial charge in [0.05, 0.1) is 13.0 Å². The number of amides is 1. The molecule has 0 unspecified atom stereocenters. The van der Waals surface area contributed by atoms with Crippen LogP contribution in [0.25, 0.3) is 11.5 Å². The van der Waals surface area contributed by atoms with Gasteiger partial charge in [-0.15, -0.1) is 21.5 Å². The lowest BCUT2D eigenvalue weighted by molar-refractivity contribution is -0.133. The maximum absolute atomic E-state index is 12.6. The van der Waals surface area contributed by atoms with E-state index in [0.29, 0.717) is 29.8 Å². The second-order valence-electron chi connectivity index (χ2n) is 5.88. The molecule has 3 rings (SSSR count). The Kier molecular flexibility index (Phi) is 5.50. The molecule has 0 bridgehead atoms. The van der Waals surface area contributed by atoms with Gasteiger partial charge in [0.15, 0.2) is 0 Å². The lowest BCUT2D eigenvalue weighted by Crippen LogP contribution is -2.37. The Morgan fingerprint density at radius 3 is 2.64 bits per heavy atom. The number of hydrogen-bond acceptors (Lipinski definition) is 5. The van der Waals surface area contributed by atoms with E-state index in [-0.39, 0.29) is 11.9 Å². The molecule has 2 aromatic heterocycles. The summed E-state index contributed by atoms with van der Waals surface area (Å²) in [6, 6.07) is 11.1. The van der Waals surface area contributed by atoms with Crippen molar-refractivity contribution in [1.82, 2.24) is 15.1 Å². The minimum absolute atomic E-state index is 0.0401. The first-order valence-electron chi connectivity index (χ1n) is 7.93.